The molecular formula is C8H10N6O3. The molecule has 0 aliphatic carbocycles. The fourth-order valence-electron chi connectivity index (χ4n) is 1.47. The molecule has 2 N–H and O–H groups in total. The lowest BCUT2D eigenvalue weighted by Gasteiger charge is -2.21. The smallest absolute Gasteiger partial charge is 0.249 e. The van der Waals surface area contributed by atoms with E-state index in [-0.39, 0.29) is 24.8 Å². The van der Waals surface area contributed by atoms with Crippen molar-refractivity contribution in [2.45, 2.75) is 25.4 Å². The summed E-state index contributed by atoms with van der Waals surface area (Å²) in [5.74, 6) is -1.18. The lowest BCUT2D eigenvalue weighted by molar-refractivity contribution is -0.137. The lowest BCUT2D eigenvalue weighted by Crippen LogP contribution is -2.52. The van der Waals surface area contributed by atoms with Gasteiger partial charge in [0.25, 0.3) is 0 Å². The molecule has 0 aromatic carbocycles. The summed E-state index contributed by atoms with van der Waals surface area (Å²) in [6.45, 7) is -0.0648. The van der Waals surface area contributed by atoms with Crippen molar-refractivity contribution in [3.8, 4) is 0 Å². The van der Waals surface area contributed by atoms with Crippen molar-refractivity contribution in [2.24, 2.45) is 0 Å². The fraction of sp³-hybridized carbons (Fsp3) is 0.500. The van der Waals surface area contributed by atoms with Gasteiger partial charge in [0.1, 0.15) is 18.9 Å². The quantitative estimate of drug-likeness (QED) is 0.566. The van der Waals surface area contributed by atoms with Crippen LogP contribution in [0, 0.1) is 0 Å². The van der Waals surface area contributed by atoms with E-state index in [1.54, 1.807) is 0 Å². The lowest BCUT2D eigenvalue weighted by atomic mass is 10.1. The van der Waals surface area contributed by atoms with Gasteiger partial charge in [-0.25, -0.2) is 4.68 Å². The summed E-state index contributed by atoms with van der Waals surface area (Å²) < 4.78 is 1.24. The van der Waals surface area contributed by atoms with Gasteiger partial charge in [-0.2, -0.15) is 0 Å². The molecule has 2 heterocycles. The summed E-state index contributed by atoms with van der Waals surface area (Å²) in [4.78, 5) is 33.7. The first kappa shape index (κ1) is 11.2. The minimum atomic E-state index is -0.670. The van der Waals surface area contributed by atoms with E-state index in [2.05, 4.69) is 26.2 Å². The third kappa shape index (κ3) is 2.83. The van der Waals surface area contributed by atoms with Crippen molar-refractivity contribution >= 4 is 17.7 Å². The van der Waals surface area contributed by atoms with Gasteiger partial charge in [-0.15, -0.1) is 5.10 Å². The number of piperidine rings is 1. The van der Waals surface area contributed by atoms with E-state index in [1.807, 2.05) is 0 Å². The average molecular weight is 238 g/mol. The predicted octanol–water partition coefficient (Wildman–Crippen LogP) is -2.41. The van der Waals surface area contributed by atoms with Crippen molar-refractivity contribution in [3.63, 3.8) is 0 Å². The second kappa shape index (κ2) is 4.68. The molecule has 2 rings (SSSR count). The van der Waals surface area contributed by atoms with Crippen LogP contribution in [0.1, 0.15) is 12.8 Å². The van der Waals surface area contributed by atoms with Gasteiger partial charge in [-0.1, -0.05) is 0 Å². The van der Waals surface area contributed by atoms with Crippen LogP contribution in [0.15, 0.2) is 6.33 Å². The number of amides is 3. The molecule has 1 fully saturated rings. The number of carbonyl (C=O) groups excluding carboxylic acids is 3. The molecule has 1 aromatic rings. The minimum absolute atomic E-state index is 0.0648. The molecule has 9 nitrogen and oxygen atoms in total. The molecule has 1 unspecified atom stereocenters. The summed E-state index contributed by atoms with van der Waals surface area (Å²) in [5, 5.41) is 14.9. The number of hydrogen-bond donors (Lipinski definition) is 2. The Morgan fingerprint density at radius 1 is 1.59 bits per heavy atom. The van der Waals surface area contributed by atoms with Crippen LogP contribution < -0.4 is 10.6 Å². The number of hydrogen-bond acceptors (Lipinski definition) is 6. The Morgan fingerprint density at radius 2 is 2.41 bits per heavy atom. The van der Waals surface area contributed by atoms with Crippen LogP contribution in [0.5, 0.6) is 0 Å². The van der Waals surface area contributed by atoms with E-state index >= 15 is 0 Å². The van der Waals surface area contributed by atoms with Gasteiger partial charge in [0, 0.05) is 6.42 Å². The molecule has 3 amide bonds. The van der Waals surface area contributed by atoms with E-state index in [0.29, 0.717) is 6.42 Å². The zero-order valence-electron chi connectivity index (χ0n) is 8.79. The van der Waals surface area contributed by atoms with Crippen LogP contribution in [-0.4, -0.2) is 44.0 Å². The van der Waals surface area contributed by atoms with Crippen molar-refractivity contribution in [2.75, 3.05) is 0 Å². The van der Waals surface area contributed by atoms with Crippen molar-refractivity contribution in [3.05, 3.63) is 6.33 Å². The zero-order valence-corrected chi connectivity index (χ0v) is 8.79. The Labute approximate surface area is 95.5 Å². The number of nitrogens with one attached hydrogen (secondary N) is 2. The number of nitrogens with zero attached hydrogens (tertiary/aromatic N) is 4. The van der Waals surface area contributed by atoms with Gasteiger partial charge in [0.2, 0.25) is 17.7 Å². The summed E-state index contributed by atoms with van der Waals surface area (Å²) in [7, 11) is 0. The largest absolute Gasteiger partial charge is 0.343 e. The van der Waals surface area contributed by atoms with Crippen molar-refractivity contribution in [1.29, 1.82) is 0 Å². The summed E-state index contributed by atoms with van der Waals surface area (Å²) >= 11 is 0. The third-order valence-corrected chi connectivity index (χ3v) is 2.27. The molecule has 0 saturated carbocycles. The van der Waals surface area contributed by atoms with Crippen LogP contribution in [-0.2, 0) is 20.9 Å². The highest BCUT2D eigenvalue weighted by molar-refractivity contribution is 6.01. The van der Waals surface area contributed by atoms with E-state index < -0.39 is 11.9 Å². The Kier molecular flexibility index (Phi) is 3.08. The maximum absolute atomic E-state index is 11.5. The Bertz CT molecular complexity index is 442. The Hall–Kier alpha value is -2.32. The van der Waals surface area contributed by atoms with Gasteiger partial charge in [-0.05, 0) is 16.8 Å². The van der Waals surface area contributed by atoms with Crippen molar-refractivity contribution in [1.82, 2.24) is 30.8 Å². The average Bonchev–Trinajstić information content (AvgIpc) is 2.75. The maximum atomic E-state index is 11.5. The first-order valence-corrected chi connectivity index (χ1v) is 4.99. The first-order chi connectivity index (χ1) is 8.15. The molecular weight excluding hydrogens is 228 g/mol. The van der Waals surface area contributed by atoms with Crippen molar-refractivity contribution < 1.29 is 14.4 Å². The molecule has 1 aromatic heterocycles. The van der Waals surface area contributed by atoms with Gasteiger partial charge in [0.15, 0.2) is 0 Å². The highest BCUT2D eigenvalue weighted by Crippen LogP contribution is 2.03. The molecule has 0 radical (unpaired) electrons. The highest BCUT2D eigenvalue weighted by Gasteiger charge is 2.27. The van der Waals surface area contributed by atoms with E-state index in [1.165, 1.54) is 11.0 Å². The molecule has 0 spiro atoms. The molecule has 0 bridgehead atoms. The van der Waals surface area contributed by atoms with Gasteiger partial charge >= 0.3 is 0 Å². The third-order valence-electron chi connectivity index (χ3n) is 2.27. The second-order valence-corrected chi connectivity index (χ2v) is 3.58. The summed E-state index contributed by atoms with van der Waals surface area (Å²) in [6.07, 6.45) is 1.83. The van der Waals surface area contributed by atoms with Gasteiger partial charge in [-0.3, -0.25) is 19.7 Å². The Balaban J connectivity index is 1.86. The predicted molar refractivity (Wildman–Crippen MR) is 52.1 cm³/mol. The minimum Gasteiger partial charge on any atom is -0.343 e. The molecule has 17 heavy (non-hydrogen) atoms. The van der Waals surface area contributed by atoms with Gasteiger partial charge < -0.3 is 5.32 Å². The van der Waals surface area contributed by atoms with E-state index in [9.17, 15) is 14.4 Å². The Morgan fingerprint density at radius 3 is 3.06 bits per heavy atom. The van der Waals surface area contributed by atoms with Gasteiger partial charge in [0.05, 0.1) is 0 Å². The summed E-state index contributed by atoms with van der Waals surface area (Å²) in [5.41, 5.74) is 0. The molecule has 9 heteroatoms. The van der Waals surface area contributed by atoms with E-state index in [0.717, 1.165) is 0 Å². The van der Waals surface area contributed by atoms with Crippen LogP contribution in [0.3, 0.4) is 0 Å². The maximum Gasteiger partial charge on any atom is 0.249 e. The van der Waals surface area contributed by atoms with Crippen LogP contribution >= 0.6 is 0 Å². The monoisotopic (exact) mass is 238 g/mol. The SMILES string of the molecule is O=C1CCC(NC(=O)Cn2cnnn2)C(=O)N1. The first-order valence-electron chi connectivity index (χ1n) is 4.99. The fourth-order valence-corrected chi connectivity index (χ4v) is 1.47. The number of carbonyl (C=O) groups is 3. The van der Waals surface area contributed by atoms with Crippen LogP contribution in [0.25, 0.3) is 0 Å². The molecule has 1 aliphatic rings. The molecule has 1 aliphatic heterocycles. The normalized spacial score (nSPS) is 19.9. The molecule has 90 valence electrons. The highest BCUT2D eigenvalue weighted by atomic mass is 16.2. The standard InChI is InChI=1S/C8H10N6O3/c15-6-2-1-5(8(17)11-6)10-7(16)3-14-4-9-12-13-14/h4-5H,1-3H2,(H,10,16)(H,11,15,17). The van der Waals surface area contributed by atoms with E-state index in [4.69, 9.17) is 0 Å². The number of imide groups is 1. The topological polar surface area (TPSA) is 119 Å². The van der Waals surface area contributed by atoms with Crippen LogP contribution in [0.4, 0.5) is 0 Å². The number of rotatable bonds is 3. The van der Waals surface area contributed by atoms with Crippen LogP contribution in [0.2, 0.25) is 0 Å². The number of tetrazole rings is 1. The second-order valence-electron chi connectivity index (χ2n) is 3.58. The molecule has 1 atom stereocenters. The molecule has 1 saturated heterocycles. The zero-order chi connectivity index (χ0) is 12.3. The summed E-state index contributed by atoms with van der Waals surface area (Å²) in [6, 6.07) is -0.670. The number of aromatic nitrogens is 4.